The largest absolute Gasteiger partial charge is 0.370 e. The van der Waals surface area contributed by atoms with E-state index in [1.54, 1.807) is 18.3 Å². The Hall–Kier alpha value is -2.11. The van der Waals surface area contributed by atoms with E-state index >= 15 is 0 Å². The van der Waals surface area contributed by atoms with Gasteiger partial charge in [0.1, 0.15) is 5.82 Å². The lowest BCUT2D eigenvalue weighted by Crippen LogP contribution is -2.25. The Morgan fingerprint density at radius 3 is 2.84 bits per heavy atom. The maximum atomic E-state index is 11.8. The predicted octanol–water partition coefficient (Wildman–Crippen LogP) is 0.899. The molecule has 19 heavy (non-hydrogen) atoms. The second-order valence-electron chi connectivity index (χ2n) is 4.18. The number of rotatable bonds is 8. The molecule has 0 fully saturated rings. The third-order valence-electron chi connectivity index (χ3n) is 2.46. The van der Waals surface area contributed by atoms with Crippen LogP contribution in [0.2, 0.25) is 0 Å². The minimum Gasteiger partial charge on any atom is -0.370 e. The fourth-order valence-electron chi connectivity index (χ4n) is 1.49. The van der Waals surface area contributed by atoms with E-state index in [0.717, 1.165) is 13.0 Å². The van der Waals surface area contributed by atoms with Crippen molar-refractivity contribution in [1.29, 1.82) is 0 Å². The van der Waals surface area contributed by atoms with Crippen LogP contribution in [0.3, 0.4) is 0 Å². The van der Waals surface area contributed by atoms with E-state index in [-0.39, 0.29) is 18.2 Å². The average Bonchev–Trinajstić information content (AvgIpc) is 2.41. The molecule has 1 aromatic rings. The number of pyridine rings is 1. The van der Waals surface area contributed by atoms with Crippen LogP contribution in [0.4, 0.5) is 5.82 Å². The molecule has 1 rings (SSSR count). The molecule has 0 aliphatic carbocycles. The standard InChI is InChI=1S/C13H20N4O2/c1-2-6-15-12-9-10(5-8-16-12)13(19)17-7-3-4-11(14)18/h5,8-9H,2-4,6-7H2,1H3,(H2,14,18)(H,15,16)(H,17,19). The molecule has 0 aliphatic rings. The molecule has 0 spiro atoms. The van der Waals surface area contributed by atoms with Crippen LogP contribution < -0.4 is 16.4 Å². The zero-order valence-electron chi connectivity index (χ0n) is 11.1. The molecule has 0 unspecified atom stereocenters. The van der Waals surface area contributed by atoms with Gasteiger partial charge in [-0.15, -0.1) is 0 Å². The van der Waals surface area contributed by atoms with Crippen LogP contribution in [0.1, 0.15) is 36.5 Å². The maximum Gasteiger partial charge on any atom is 0.251 e. The first-order chi connectivity index (χ1) is 9.13. The van der Waals surface area contributed by atoms with Gasteiger partial charge in [-0.05, 0) is 25.0 Å². The van der Waals surface area contributed by atoms with Gasteiger partial charge < -0.3 is 16.4 Å². The molecule has 0 aliphatic heterocycles. The van der Waals surface area contributed by atoms with Gasteiger partial charge in [-0.3, -0.25) is 9.59 Å². The van der Waals surface area contributed by atoms with Crippen molar-refractivity contribution in [2.75, 3.05) is 18.4 Å². The Balaban J connectivity index is 2.45. The number of aromatic nitrogens is 1. The Morgan fingerprint density at radius 1 is 1.37 bits per heavy atom. The summed E-state index contributed by atoms with van der Waals surface area (Å²) < 4.78 is 0. The number of amides is 2. The van der Waals surface area contributed by atoms with Gasteiger partial charge in [-0.1, -0.05) is 6.92 Å². The fraction of sp³-hybridized carbons (Fsp3) is 0.462. The molecule has 0 saturated heterocycles. The van der Waals surface area contributed by atoms with Gasteiger partial charge >= 0.3 is 0 Å². The molecule has 4 N–H and O–H groups in total. The van der Waals surface area contributed by atoms with Crippen LogP contribution in [0.15, 0.2) is 18.3 Å². The molecule has 0 bridgehead atoms. The van der Waals surface area contributed by atoms with Crippen molar-refractivity contribution in [2.24, 2.45) is 5.73 Å². The zero-order valence-corrected chi connectivity index (χ0v) is 11.1. The van der Waals surface area contributed by atoms with Crippen molar-refractivity contribution in [2.45, 2.75) is 26.2 Å². The number of primary amides is 1. The summed E-state index contributed by atoms with van der Waals surface area (Å²) in [5, 5.41) is 5.85. The quantitative estimate of drug-likeness (QED) is 0.608. The summed E-state index contributed by atoms with van der Waals surface area (Å²) in [5.74, 6) is 0.155. The molecule has 0 saturated carbocycles. The molecule has 104 valence electrons. The van der Waals surface area contributed by atoms with E-state index in [0.29, 0.717) is 24.3 Å². The molecule has 6 heteroatoms. The van der Waals surface area contributed by atoms with Gasteiger partial charge in [-0.25, -0.2) is 4.98 Å². The molecule has 0 radical (unpaired) electrons. The monoisotopic (exact) mass is 264 g/mol. The van der Waals surface area contributed by atoms with Crippen molar-refractivity contribution in [3.63, 3.8) is 0 Å². The van der Waals surface area contributed by atoms with Gasteiger partial charge in [0.25, 0.3) is 5.91 Å². The highest BCUT2D eigenvalue weighted by atomic mass is 16.2. The number of hydrogen-bond donors (Lipinski definition) is 3. The van der Waals surface area contributed by atoms with Gasteiger partial charge in [0.05, 0.1) is 0 Å². The summed E-state index contributed by atoms with van der Waals surface area (Å²) in [6, 6.07) is 3.36. The lowest BCUT2D eigenvalue weighted by molar-refractivity contribution is -0.118. The Labute approximate surface area is 112 Å². The highest BCUT2D eigenvalue weighted by Crippen LogP contribution is 2.06. The van der Waals surface area contributed by atoms with Crippen LogP contribution in [0, 0.1) is 0 Å². The molecule has 2 amide bonds. The van der Waals surface area contributed by atoms with Crippen LogP contribution in [0.25, 0.3) is 0 Å². The third-order valence-corrected chi connectivity index (χ3v) is 2.46. The van der Waals surface area contributed by atoms with E-state index in [2.05, 4.69) is 22.5 Å². The Morgan fingerprint density at radius 2 is 2.16 bits per heavy atom. The molecule has 1 heterocycles. The summed E-state index contributed by atoms with van der Waals surface area (Å²) in [7, 11) is 0. The fourth-order valence-corrected chi connectivity index (χ4v) is 1.49. The van der Waals surface area contributed by atoms with Crippen LogP contribution in [-0.2, 0) is 4.79 Å². The lowest BCUT2D eigenvalue weighted by Gasteiger charge is -2.07. The first kappa shape index (κ1) is 14.9. The summed E-state index contributed by atoms with van der Waals surface area (Å²) in [4.78, 5) is 26.5. The first-order valence-corrected chi connectivity index (χ1v) is 6.40. The number of nitrogens with one attached hydrogen (secondary N) is 2. The number of carbonyl (C=O) groups excluding carboxylic acids is 2. The minimum atomic E-state index is -0.357. The topological polar surface area (TPSA) is 97.1 Å². The van der Waals surface area contributed by atoms with Gasteiger partial charge in [0, 0.05) is 31.3 Å². The van der Waals surface area contributed by atoms with Gasteiger partial charge in [0.2, 0.25) is 5.91 Å². The second-order valence-corrected chi connectivity index (χ2v) is 4.18. The number of carbonyl (C=O) groups is 2. The second kappa shape index (κ2) is 8.07. The van der Waals surface area contributed by atoms with Crippen LogP contribution in [0.5, 0.6) is 0 Å². The van der Waals surface area contributed by atoms with E-state index in [1.165, 1.54) is 0 Å². The SMILES string of the molecule is CCCNc1cc(C(=O)NCCCC(N)=O)ccn1. The molecular weight excluding hydrogens is 244 g/mol. The van der Waals surface area contributed by atoms with Crippen molar-refractivity contribution < 1.29 is 9.59 Å². The van der Waals surface area contributed by atoms with Crippen molar-refractivity contribution in [3.8, 4) is 0 Å². The number of hydrogen-bond acceptors (Lipinski definition) is 4. The maximum absolute atomic E-state index is 11.8. The lowest BCUT2D eigenvalue weighted by atomic mass is 10.2. The van der Waals surface area contributed by atoms with Gasteiger partial charge in [-0.2, -0.15) is 0 Å². The van der Waals surface area contributed by atoms with Crippen LogP contribution >= 0.6 is 0 Å². The normalized spacial score (nSPS) is 9.95. The minimum absolute atomic E-state index is 0.175. The number of nitrogens with zero attached hydrogens (tertiary/aromatic N) is 1. The van der Waals surface area contributed by atoms with E-state index < -0.39 is 0 Å². The Bertz CT molecular complexity index is 434. The van der Waals surface area contributed by atoms with E-state index in [1.807, 2.05) is 0 Å². The highest BCUT2D eigenvalue weighted by Gasteiger charge is 2.06. The molecule has 0 atom stereocenters. The van der Waals surface area contributed by atoms with Crippen molar-refractivity contribution >= 4 is 17.6 Å². The van der Waals surface area contributed by atoms with E-state index in [4.69, 9.17) is 5.73 Å². The third kappa shape index (κ3) is 5.85. The molecule has 6 nitrogen and oxygen atoms in total. The predicted molar refractivity (Wildman–Crippen MR) is 73.8 cm³/mol. The smallest absolute Gasteiger partial charge is 0.251 e. The zero-order chi connectivity index (χ0) is 14.1. The highest BCUT2D eigenvalue weighted by molar-refractivity contribution is 5.94. The first-order valence-electron chi connectivity index (χ1n) is 6.40. The van der Waals surface area contributed by atoms with Crippen LogP contribution in [-0.4, -0.2) is 29.9 Å². The summed E-state index contributed by atoms with van der Waals surface area (Å²) in [6.07, 6.45) is 3.41. The van der Waals surface area contributed by atoms with Gasteiger partial charge in [0.15, 0.2) is 0 Å². The van der Waals surface area contributed by atoms with E-state index in [9.17, 15) is 9.59 Å². The molecule has 0 aromatic carbocycles. The summed E-state index contributed by atoms with van der Waals surface area (Å²) >= 11 is 0. The summed E-state index contributed by atoms with van der Waals surface area (Å²) in [6.45, 7) is 3.31. The molecule has 1 aromatic heterocycles. The Kier molecular flexibility index (Phi) is 6.35. The van der Waals surface area contributed by atoms with Crippen molar-refractivity contribution in [1.82, 2.24) is 10.3 Å². The number of nitrogens with two attached hydrogens (primary N) is 1. The average molecular weight is 264 g/mol. The van der Waals surface area contributed by atoms with Crippen molar-refractivity contribution in [3.05, 3.63) is 23.9 Å². The number of anilines is 1. The summed E-state index contributed by atoms with van der Waals surface area (Å²) in [5.41, 5.74) is 5.57. The molecular formula is C13H20N4O2.